The van der Waals surface area contributed by atoms with Gasteiger partial charge in [-0.15, -0.1) is 0 Å². The average Bonchev–Trinajstić information content (AvgIpc) is 2.82. The van der Waals surface area contributed by atoms with E-state index in [9.17, 15) is 9.59 Å². The molecule has 0 aliphatic heterocycles. The number of rotatable bonds is 4. The van der Waals surface area contributed by atoms with Gasteiger partial charge in [-0.1, -0.05) is 11.6 Å². The highest BCUT2D eigenvalue weighted by Gasteiger charge is 2.55. The van der Waals surface area contributed by atoms with Crippen molar-refractivity contribution in [3.63, 3.8) is 0 Å². The molecule has 0 heterocycles. The first-order chi connectivity index (χ1) is 9.31. The summed E-state index contributed by atoms with van der Waals surface area (Å²) in [5.74, 6) is -1.02. The maximum atomic E-state index is 12.3. The first kappa shape index (κ1) is 15.1. The molecule has 1 saturated carbocycles. The predicted molar refractivity (Wildman–Crippen MR) is 74.8 cm³/mol. The Balaban J connectivity index is 2.20. The van der Waals surface area contributed by atoms with Crippen LogP contribution >= 0.6 is 0 Å². The van der Waals surface area contributed by atoms with Crippen LogP contribution in [0.3, 0.4) is 0 Å². The van der Waals surface area contributed by atoms with E-state index >= 15 is 0 Å². The van der Waals surface area contributed by atoms with Crippen LogP contribution in [-0.2, 0) is 19.1 Å². The van der Waals surface area contributed by atoms with Crippen molar-refractivity contribution in [2.45, 2.75) is 53.2 Å². The van der Waals surface area contributed by atoms with Gasteiger partial charge >= 0.3 is 11.9 Å². The summed E-state index contributed by atoms with van der Waals surface area (Å²) in [6, 6.07) is 0. The van der Waals surface area contributed by atoms with E-state index < -0.39 is 0 Å². The van der Waals surface area contributed by atoms with Crippen LogP contribution in [0.15, 0.2) is 11.6 Å². The lowest BCUT2D eigenvalue weighted by Gasteiger charge is -2.28. The molecule has 0 aromatic rings. The Morgan fingerprint density at radius 2 is 1.55 bits per heavy atom. The molecule has 4 heteroatoms. The molecule has 4 nitrogen and oxygen atoms in total. The van der Waals surface area contributed by atoms with Crippen LogP contribution in [-0.4, -0.2) is 24.1 Å². The molecule has 2 bridgehead atoms. The maximum absolute atomic E-state index is 12.3. The molecule has 4 atom stereocenters. The van der Waals surface area contributed by atoms with Crippen molar-refractivity contribution < 1.29 is 19.1 Å². The number of hydrogen-bond acceptors (Lipinski definition) is 4. The number of carbonyl (C=O) groups is 2. The molecule has 0 radical (unpaired) electrons. The highest BCUT2D eigenvalue weighted by atomic mass is 16.6. The minimum absolute atomic E-state index is 0.121. The molecule has 0 spiro atoms. The van der Waals surface area contributed by atoms with Crippen LogP contribution in [0, 0.1) is 23.7 Å². The third kappa shape index (κ3) is 2.74. The topological polar surface area (TPSA) is 52.6 Å². The van der Waals surface area contributed by atoms with E-state index in [-0.39, 0.29) is 47.8 Å². The Labute approximate surface area is 120 Å². The van der Waals surface area contributed by atoms with Crippen molar-refractivity contribution in [2.75, 3.05) is 0 Å². The van der Waals surface area contributed by atoms with Crippen LogP contribution in [0.1, 0.15) is 41.0 Å². The summed E-state index contributed by atoms with van der Waals surface area (Å²) < 4.78 is 10.7. The number of fused-ring (bicyclic) bond motifs is 2. The van der Waals surface area contributed by atoms with Gasteiger partial charge in [-0.05, 0) is 52.9 Å². The quantitative estimate of drug-likeness (QED) is 0.587. The van der Waals surface area contributed by atoms with E-state index in [0.29, 0.717) is 0 Å². The summed E-state index contributed by atoms with van der Waals surface area (Å²) in [7, 11) is 0. The van der Waals surface area contributed by atoms with Crippen molar-refractivity contribution in [1.82, 2.24) is 0 Å². The van der Waals surface area contributed by atoms with Gasteiger partial charge in [0.25, 0.3) is 0 Å². The molecule has 0 amide bonds. The van der Waals surface area contributed by atoms with Gasteiger partial charge in [-0.25, -0.2) is 0 Å². The molecule has 2 rings (SSSR count). The molecule has 2 aliphatic rings. The first-order valence-electron chi connectivity index (χ1n) is 7.40. The van der Waals surface area contributed by atoms with E-state index in [1.807, 2.05) is 34.6 Å². The number of esters is 2. The SMILES string of the molecule is CC1=CC2CC1C(C(=O)OC(C)C)C2C(=O)OC(C)C. The molecule has 0 aromatic carbocycles. The Kier molecular flexibility index (Phi) is 4.21. The third-order valence-electron chi connectivity index (χ3n) is 4.12. The van der Waals surface area contributed by atoms with Crippen molar-refractivity contribution in [1.29, 1.82) is 0 Å². The lowest BCUT2D eigenvalue weighted by molar-refractivity contribution is -0.165. The van der Waals surface area contributed by atoms with Gasteiger partial charge in [-0.3, -0.25) is 9.59 Å². The molecular weight excluding hydrogens is 256 g/mol. The Morgan fingerprint density at radius 3 is 2.05 bits per heavy atom. The van der Waals surface area contributed by atoms with Gasteiger partial charge in [-0.2, -0.15) is 0 Å². The lowest BCUT2D eigenvalue weighted by Crippen LogP contribution is -2.37. The minimum atomic E-state index is -0.377. The van der Waals surface area contributed by atoms with Crippen molar-refractivity contribution in [3.05, 3.63) is 11.6 Å². The van der Waals surface area contributed by atoms with E-state index in [1.54, 1.807) is 0 Å². The second-order valence-electron chi connectivity index (χ2n) is 6.44. The molecule has 112 valence electrons. The van der Waals surface area contributed by atoms with Crippen LogP contribution in [0.4, 0.5) is 0 Å². The molecule has 1 fully saturated rings. The van der Waals surface area contributed by atoms with E-state index in [4.69, 9.17) is 9.47 Å². The zero-order valence-corrected chi connectivity index (χ0v) is 12.9. The van der Waals surface area contributed by atoms with Gasteiger partial charge in [0.05, 0.1) is 24.0 Å². The average molecular weight is 280 g/mol. The Morgan fingerprint density at radius 1 is 1.05 bits per heavy atom. The zero-order valence-electron chi connectivity index (χ0n) is 12.9. The molecule has 2 aliphatic carbocycles. The summed E-state index contributed by atoms with van der Waals surface area (Å²) in [5.41, 5.74) is 1.20. The molecular formula is C16H24O4. The zero-order chi connectivity index (χ0) is 15.0. The van der Waals surface area contributed by atoms with Gasteiger partial charge in [0.2, 0.25) is 0 Å². The van der Waals surface area contributed by atoms with Gasteiger partial charge in [0.1, 0.15) is 0 Å². The maximum Gasteiger partial charge on any atom is 0.310 e. The highest BCUT2D eigenvalue weighted by Crippen LogP contribution is 2.52. The number of carbonyl (C=O) groups excluding carboxylic acids is 2. The molecule has 0 saturated heterocycles. The Hall–Kier alpha value is -1.32. The van der Waals surface area contributed by atoms with E-state index in [0.717, 1.165) is 6.42 Å². The van der Waals surface area contributed by atoms with Gasteiger partial charge < -0.3 is 9.47 Å². The largest absolute Gasteiger partial charge is 0.463 e. The second-order valence-corrected chi connectivity index (χ2v) is 6.44. The van der Waals surface area contributed by atoms with Crippen molar-refractivity contribution >= 4 is 11.9 Å². The molecule has 0 aromatic heterocycles. The summed E-state index contributed by atoms with van der Waals surface area (Å²) in [4.78, 5) is 24.6. The highest BCUT2D eigenvalue weighted by molar-refractivity contribution is 5.85. The molecule has 0 N–H and O–H groups in total. The number of hydrogen-bond donors (Lipinski definition) is 0. The normalized spacial score (nSPS) is 31.6. The van der Waals surface area contributed by atoms with Crippen molar-refractivity contribution in [2.24, 2.45) is 23.7 Å². The van der Waals surface area contributed by atoms with Gasteiger partial charge in [0, 0.05) is 0 Å². The number of allylic oxidation sites excluding steroid dienone is 2. The minimum Gasteiger partial charge on any atom is -0.463 e. The summed E-state index contributed by atoms with van der Waals surface area (Å²) in [6.45, 7) is 9.34. The van der Waals surface area contributed by atoms with E-state index in [1.165, 1.54) is 5.57 Å². The van der Waals surface area contributed by atoms with Crippen molar-refractivity contribution in [3.8, 4) is 0 Å². The summed E-state index contributed by atoms with van der Waals surface area (Å²) in [5, 5.41) is 0. The third-order valence-corrected chi connectivity index (χ3v) is 4.12. The fraction of sp³-hybridized carbons (Fsp3) is 0.750. The summed E-state index contributed by atoms with van der Waals surface area (Å²) in [6.07, 6.45) is 2.67. The van der Waals surface area contributed by atoms with Crippen LogP contribution in [0.5, 0.6) is 0 Å². The van der Waals surface area contributed by atoms with Gasteiger partial charge in [0.15, 0.2) is 0 Å². The summed E-state index contributed by atoms with van der Waals surface area (Å²) >= 11 is 0. The first-order valence-corrected chi connectivity index (χ1v) is 7.40. The molecule has 20 heavy (non-hydrogen) atoms. The van der Waals surface area contributed by atoms with Crippen LogP contribution in [0.25, 0.3) is 0 Å². The predicted octanol–water partition coefficient (Wildman–Crippen LogP) is 2.72. The lowest BCUT2D eigenvalue weighted by atomic mass is 9.80. The van der Waals surface area contributed by atoms with Crippen LogP contribution in [0.2, 0.25) is 0 Å². The number of ether oxygens (including phenoxy) is 2. The fourth-order valence-corrected chi connectivity index (χ4v) is 3.46. The smallest absolute Gasteiger partial charge is 0.310 e. The fourth-order valence-electron chi connectivity index (χ4n) is 3.46. The Bertz CT molecular complexity index is 436. The monoisotopic (exact) mass is 280 g/mol. The second kappa shape index (κ2) is 5.58. The van der Waals surface area contributed by atoms with Crippen LogP contribution < -0.4 is 0 Å². The molecule has 4 unspecified atom stereocenters. The standard InChI is InChI=1S/C16H24O4/c1-8(2)19-15(17)13-11-6-10(5)12(7-11)14(13)16(18)20-9(3)4/h6,8-9,11-14H,7H2,1-5H3. The van der Waals surface area contributed by atoms with E-state index in [2.05, 4.69) is 6.08 Å².